The van der Waals surface area contributed by atoms with Gasteiger partial charge in [0.05, 0.1) is 6.10 Å². The first-order chi connectivity index (χ1) is 15.9. The number of carbonyl (C=O) groups is 1. The van der Waals surface area contributed by atoms with Crippen LogP contribution in [0.4, 0.5) is 0 Å². The summed E-state index contributed by atoms with van der Waals surface area (Å²) in [4.78, 5) is 8.81. The summed E-state index contributed by atoms with van der Waals surface area (Å²) in [6, 6.07) is 15.1. The van der Waals surface area contributed by atoms with Gasteiger partial charge in [0, 0.05) is 6.61 Å². The summed E-state index contributed by atoms with van der Waals surface area (Å²) in [5.41, 5.74) is 1.71. The van der Waals surface area contributed by atoms with E-state index in [9.17, 15) is 5.02 Å². The molecule has 7 heteroatoms. The highest BCUT2D eigenvalue weighted by molar-refractivity contribution is 8.33. The monoisotopic (exact) mass is 492 g/mol. The molecule has 2 N–H and O–H groups in total. The number of aliphatic hydroxyl groups is 1. The lowest BCUT2D eigenvalue weighted by atomic mass is 9.79. The molecule has 0 saturated heterocycles. The maximum absolute atomic E-state index is 10.0. The Morgan fingerprint density at radius 1 is 1.06 bits per heavy atom. The first-order valence-electron chi connectivity index (χ1n) is 11.8. The van der Waals surface area contributed by atoms with Gasteiger partial charge in [-0.2, -0.15) is 0 Å². The minimum atomic E-state index is -0.928. The summed E-state index contributed by atoms with van der Waals surface area (Å²) in [6.45, 7) is 12.5. The molecular formula is C27H45BO5S. The van der Waals surface area contributed by atoms with Crippen molar-refractivity contribution in [1.82, 2.24) is 0 Å². The molecule has 1 aliphatic heterocycles. The van der Waals surface area contributed by atoms with Gasteiger partial charge in [0.15, 0.2) is 0 Å². The topological polar surface area (TPSA) is 76.0 Å². The lowest BCUT2D eigenvalue weighted by molar-refractivity contribution is -0.106. The van der Waals surface area contributed by atoms with Crippen molar-refractivity contribution in [1.29, 1.82) is 0 Å². The van der Waals surface area contributed by atoms with Crippen molar-refractivity contribution in [2.45, 2.75) is 65.2 Å². The minimum absolute atomic E-state index is 0.125. The first kappa shape index (κ1) is 32.2. The molecule has 1 atom stereocenters. The van der Waals surface area contributed by atoms with E-state index < -0.39 is 7.12 Å². The fourth-order valence-corrected chi connectivity index (χ4v) is 2.55. The number of para-hydroxylation sites is 1. The van der Waals surface area contributed by atoms with Crippen molar-refractivity contribution >= 4 is 28.9 Å². The van der Waals surface area contributed by atoms with Crippen LogP contribution in [-0.4, -0.2) is 53.7 Å². The van der Waals surface area contributed by atoms with Gasteiger partial charge >= 0.3 is 7.12 Å². The van der Waals surface area contributed by atoms with Gasteiger partial charge in [0.25, 0.3) is 0 Å². The maximum Gasteiger partial charge on any atom is 0.492 e. The first-order valence-corrected chi connectivity index (χ1v) is 14.7. The van der Waals surface area contributed by atoms with E-state index in [0.717, 1.165) is 23.1 Å². The summed E-state index contributed by atoms with van der Waals surface area (Å²) in [7, 11) is -1.27. The number of ether oxygens (including phenoxy) is 1. The summed E-state index contributed by atoms with van der Waals surface area (Å²) in [5.74, 6) is 1.42. The molecule has 0 saturated carbocycles. The van der Waals surface area contributed by atoms with Gasteiger partial charge in [-0.05, 0) is 78.6 Å². The Labute approximate surface area is 209 Å². The molecule has 2 aromatic carbocycles. The molecule has 1 aliphatic rings. The average Bonchev–Trinajstić information content (AvgIpc) is 3.09. The predicted molar refractivity (Wildman–Crippen MR) is 149 cm³/mol. The Hall–Kier alpha value is -1.80. The molecule has 5 nitrogen and oxygen atoms in total. The molecule has 0 fully saturated rings. The Kier molecular flexibility index (Phi) is 15.1. The van der Waals surface area contributed by atoms with Crippen molar-refractivity contribution in [3.63, 3.8) is 0 Å². The van der Waals surface area contributed by atoms with E-state index in [4.69, 9.17) is 19.3 Å². The molecule has 0 aliphatic carbocycles. The largest absolute Gasteiger partial charge is 0.492 e. The SMILES string of the molecule is CC.CC(C)(C)S(C)(C)C.CC=O.OCCCC1OB(O)c2cc(Oc3ccccc3)ccc21. The second-order valence-electron chi connectivity index (χ2n) is 9.23. The number of carbonyl (C=O) groups excluding carboxylic acids is 1. The van der Waals surface area contributed by atoms with Crippen LogP contribution >= 0.6 is 10.0 Å². The minimum Gasteiger partial charge on any atom is -0.457 e. The van der Waals surface area contributed by atoms with Gasteiger partial charge in [-0.25, -0.2) is 10.0 Å². The quantitative estimate of drug-likeness (QED) is 0.412. The Morgan fingerprint density at radius 3 is 2.06 bits per heavy atom. The molecule has 3 rings (SSSR count). The third kappa shape index (κ3) is 11.1. The van der Waals surface area contributed by atoms with Gasteiger partial charge < -0.3 is 24.3 Å². The zero-order valence-electron chi connectivity index (χ0n) is 22.5. The summed E-state index contributed by atoms with van der Waals surface area (Å²) >= 11 is 0. The van der Waals surface area contributed by atoms with E-state index in [-0.39, 0.29) is 22.7 Å². The van der Waals surface area contributed by atoms with Gasteiger partial charge in [0.2, 0.25) is 0 Å². The fraction of sp³-hybridized carbons (Fsp3) is 0.519. The zero-order chi connectivity index (χ0) is 26.4. The van der Waals surface area contributed by atoms with E-state index in [1.54, 1.807) is 0 Å². The summed E-state index contributed by atoms with van der Waals surface area (Å²) < 4.78 is 11.8. The van der Waals surface area contributed by atoms with Crippen molar-refractivity contribution in [2.24, 2.45) is 0 Å². The van der Waals surface area contributed by atoms with E-state index >= 15 is 0 Å². The van der Waals surface area contributed by atoms with Crippen LogP contribution in [0.1, 0.15) is 66.1 Å². The molecule has 0 aromatic heterocycles. The molecule has 0 bridgehead atoms. The molecule has 0 amide bonds. The third-order valence-corrected chi connectivity index (χ3v) is 9.08. The van der Waals surface area contributed by atoms with Crippen LogP contribution in [0.3, 0.4) is 0 Å². The van der Waals surface area contributed by atoms with Crippen LogP contribution in [-0.2, 0) is 9.45 Å². The highest BCUT2D eigenvalue weighted by Crippen LogP contribution is 2.48. The van der Waals surface area contributed by atoms with Crippen LogP contribution in [0.25, 0.3) is 0 Å². The number of rotatable bonds is 5. The maximum atomic E-state index is 10.0. The molecular weight excluding hydrogens is 447 g/mol. The van der Waals surface area contributed by atoms with E-state index in [1.807, 2.05) is 62.4 Å². The number of hydrogen-bond acceptors (Lipinski definition) is 5. The van der Waals surface area contributed by atoms with E-state index in [1.165, 1.54) is 6.92 Å². The summed E-state index contributed by atoms with van der Waals surface area (Å²) in [5, 5.41) is 18.9. The van der Waals surface area contributed by atoms with Crippen molar-refractivity contribution in [3.8, 4) is 11.5 Å². The summed E-state index contributed by atoms with van der Waals surface area (Å²) in [6.07, 6.45) is 9.00. The fourth-order valence-electron chi connectivity index (χ4n) is 2.55. The van der Waals surface area contributed by atoms with Gasteiger partial charge in [-0.3, -0.25) is 0 Å². The highest BCUT2D eigenvalue weighted by atomic mass is 32.3. The Bertz CT molecular complexity index is 804. The van der Waals surface area contributed by atoms with Crippen LogP contribution in [0.2, 0.25) is 0 Å². The second kappa shape index (κ2) is 16.0. The normalized spacial score (nSPS) is 14.8. The number of benzene rings is 2. The number of hydrogen-bond donors (Lipinski definition) is 2. The Balaban J connectivity index is 0.000000704. The van der Waals surface area contributed by atoms with Crippen LogP contribution in [0.5, 0.6) is 11.5 Å². The third-order valence-electron chi connectivity index (χ3n) is 5.40. The number of fused-ring (bicyclic) bond motifs is 1. The van der Waals surface area contributed by atoms with Crippen LogP contribution in [0.15, 0.2) is 48.5 Å². The lowest BCUT2D eigenvalue weighted by Crippen LogP contribution is -2.27. The van der Waals surface area contributed by atoms with Crippen molar-refractivity contribution in [3.05, 3.63) is 54.1 Å². The van der Waals surface area contributed by atoms with Crippen molar-refractivity contribution < 1.29 is 24.3 Å². The van der Waals surface area contributed by atoms with Gasteiger partial charge in [0.1, 0.15) is 17.8 Å². The van der Waals surface area contributed by atoms with E-state index in [0.29, 0.717) is 23.3 Å². The Morgan fingerprint density at radius 2 is 1.59 bits per heavy atom. The standard InChI is InChI=1S/C16H17BO4.C7H18S.C2H4O.C2H6/c18-10-4-7-16-14-9-8-13(11-15(14)17(19)21-16)20-12-5-2-1-3-6-12;1-7(2,3)8(4,5)6;1-2-3;1-2/h1-3,5-6,8-9,11,16,18-19H,4,7,10H2;1-6H3;2H,1H3;1-2H3. The zero-order valence-corrected chi connectivity index (χ0v) is 23.3. The average molecular weight is 493 g/mol. The molecule has 2 aromatic rings. The van der Waals surface area contributed by atoms with Gasteiger partial charge in [-0.15, -0.1) is 0 Å². The highest BCUT2D eigenvalue weighted by Gasteiger charge is 2.34. The molecule has 0 spiro atoms. The molecule has 34 heavy (non-hydrogen) atoms. The van der Waals surface area contributed by atoms with Crippen molar-refractivity contribution in [2.75, 3.05) is 25.4 Å². The smallest absolute Gasteiger partial charge is 0.457 e. The van der Waals surface area contributed by atoms with Crippen LogP contribution < -0.4 is 10.2 Å². The van der Waals surface area contributed by atoms with Gasteiger partial charge in [-0.1, -0.05) is 58.9 Å². The van der Waals surface area contributed by atoms with Crippen LogP contribution in [0, 0.1) is 0 Å². The number of aliphatic hydroxyl groups excluding tert-OH is 1. The molecule has 0 radical (unpaired) electrons. The molecule has 192 valence electrons. The second-order valence-corrected chi connectivity index (χ2v) is 14.1. The van der Waals surface area contributed by atoms with E-state index in [2.05, 4.69) is 39.5 Å². The number of aldehydes is 1. The molecule has 1 unspecified atom stereocenters. The predicted octanol–water partition coefficient (Wildman–Crippen LogP) is 5.72. The molecule has 1 heterocycles. The lowest BCUT2D eigenvalue weighted by Gasteiger charge is -2.40.